The summed E-state index contributed by atoms with van der Waals surface area (Å²) in [5, 5.41) is 3.85. The largest absolute Gasteiger partial charge is 0.312 e. The average Bonchev–Trinajstić information content (AvgIpc) is 2.41. The van der Waals surface area contributed by atoms with E-state index in [0.717, 1.165) is 12.5 Å². The molecule has 3 unspecified atom stereocenters. The van der Waals surface area contributed by atoms with Gasteiger partial charge in [-0.25, -0.2) is 0 Å². The minimum absolute atomic E-state index is 0.452. The van der Waals surface area contributed by atoms with Crippen molar-refractivity contribution < 1.29 is 0 Å². The van der Waals surface area contributed by atoms with Gasteiger partial charge in [-0.1, -0.05) is 51.1 Å². The van der Waals surface area contributed by atoms with Gasteiger partial charge in [0.2, 0.25) is 0 Å². The number of hydrogen-bond donors (Lipinski definition) is 1. The second kappa shape index (κ2) is 6.93. The molecule has 118 valence electrons. The summed E-state index contributed by atoms with van der Waals surface area (Å²) in [6.07, 6.45) is 3.98. The smallest absolute Gasteiger partial charge is 0.0466 e. The van der Waals surface area contributed by atoms with Gasteiger partial charge in [-0.15, -0.1) is 0 Å². The first kappa shape index (κ1) is 16.5. The number of likely N-dealkylation sites (N-methyl/N-ethyl adjacent to an activating group) is 1. The van der Waals surface area contributed by atoms with Gasteiger partial charge < -0.3 is 10.2 Å². The molecule has 1 aromatic rings. The lowest BCUT2D eigenvalue weighted by atomic mass is 9.70. The van der Waals surface area contributed by atoms with Gasteiger partial charge >= 0.3 is 0 Å². The number of hydrogen-bond acceptors (Lipinski definition) is 2. The van der Waals surface area contributed by atoms with Crippen molar-refractivity contribution in [3.63, 3.8) is 0 Å². The number of rotatable bonds is 5. The van der Waals surface area contributed by atoms with Gasteiger partial charge in [0.25, 0.3) is 0 Å². The molecular weight excluding hydrogens is 256 g/mol. The summed E-state index contributed by atoms with van der Waals surface area (Å²) >= 11 is 0. The van der Waals surface area contributed by atoms with Crippen LogP contribution in [0.1, 0.15) is 51.6 Å². The van der Waals surface area contributed by atoms with E-state index < -0.39 is 0 Å². The molecule has 0 radical (unpaired) electrons. The Kier molecular flexibility index (Phi) is 5.45. The predicted molar refractivity (Wildman–Crippen MR) is 91.5 cm³/mol. The standard InChI is InChI=1S/C19H32N2/c1-15-13-19(2,3)12-11-17(15)20-14-18(21(4)5)16-9-7-6-8-10-16/h6-10,15,17-18,20H,11-14H2,1-5H3. The van der Waals surface area contributed by atoms with Crippen LogP contribution in [0.15, 0.2) is 30.3 Å². The molecule has 21 heavy (non-hydrogen) atoms. The molecule has 2 heteroatoms. The topological polar surface area (TPSA) is 15.3 Å². The second-order valence-electron chi connectivity index (χ2n) is 7.79. The molecule has 1 N–H and O–H groups in total. The highest BCUT2D eigenvalue weighted by Gasteiger charge is 2.32. The van der Waals surface area contributed by atoms with Crippen molar-refractivity contribution in [2.75, 3.05) is 20.6 Å². The van der Waals surface area contributed by atoms with Crippen LogP contribution in [0.4, 0.5) is 0 Å². The predicted octanol–water partition coefficient (Wildman–Crippen LogP) is 4.09. The zero-order chi connectivity index (χ0) is 15.5. The van der Waals surface area contributed by atoms with Crippen molar-refractivity contribution >= 4 is 0 Å². The first-order valence-corrected chi connectivity index (χ1v) is 8.34. The van der Waals surface area contributed by atoms with Crippen molar-refractivity contribution in [1.29, 1.82) is 0 Å². The van der Waals surface area contributed by atoms with Crippen LogP contribution in [0.25, 0.3) is 0 Å². The van der Waals surface area contributed by atoms with E-state index in [1.807, 2.05) is 0 Å². The third kappa shape index (κ3) is 4.55. The summed E-state index contributed by atoms with van der Waals surface area (Å²) in [5.41, 5.74) is 1.93. The van der Waals surface area contributed by atoms with Crippen LogP contribution < -0.4 is 5.32 Å². The van der Waals surface area contributed by atoms with Gasteiger partial charge in [0, 0.05) is 18.6 Å². The van der Waals surface area contributed by atoms with Crippen molar-refractivity contribution in [3.05, 3.63) is 35.9 Å². The first-order valence-electron chi connectivity index (χ1n) is 8.34. The zero-order valence-corrected chi connectivity index (χ0v) is 14.4. The highest BCUT2D eigenvalue weighted by molar-refractivity contribution is 5.19. The third-order valence-corrected chi connectivity index (χ3v) is 5.07. The van der Waals surface area contributed by atoms with E-state index in [1.54, 1.807) is 0 Å². The molecule has 1 aliphatic carbocycles. The van der Waals surface area contributed by atoms with Crippen LogP contribution >= 0.6 is 0 Å². The molecule has 0 saturated heterocycles. The Morgan fingerprint density at radius 2 is 1.90 bits per heavy atom. The van der Waals surface area contributed by atoms with Crippen LogP contribution in [0, 0.1) is 11.3 Å². The van der Waals surface area contributed by atoms with Crippen LogP contribution in [0.5, 0.6) is 0 Å². The van der Waals surface area contributed by atoms with Crippen LogP contribution in [-0.4, -0.2) is 31.6 Å². The zero-order valence-electron chi connectivity index (χ0n) is 14.4. The van der Waals surface area contributed by atoms with Gasteiger partial charge in [-0.05, 0) is 50.3 Å². The van der Waals surface area contributed by atoms with E-state index in [4.69, 9.17) is 0 Å². The van der Waals surface area contributed by atoms with E-state index in [2.05, 4.69) is 75.4 Å². The lowest BCUT2D eigenvalue weighted by Gasteiger charge is -2.40. The SMILES string of the molecule is CC1CC(C)(C)CCC1NCC(c1ccccc1)N(C)C. The lowest BCUT2D eigenvalue weighted by Crippen LogP contribution is -2.44. The molecule has 1 aliphatic rings. The van der Waals surface area contributed by atoms with E-state index in [9.17, 15) is 0 Å². The fraction of sp³-hybridized carbons (Fsp3) is 0.684. The van der Waals surface area contributed by atoms with E-state index in [0.29, 0.717) is 17.5 Å². The molecule has 2 nitrogen and oxygen atoms in total. The maximum absolute atomic E-state index is 3.85. The summed E-state index contributed by atoms with van der Waals surface area (Å²) in [4.78, 5) is 2.32. The van der Waals surface area contributed by atoms with E-state index in [-0.39, 0.29) is 0 Å². The summed E-state index contributed by atoms with van der Waals surface area (Å²) in [6, 6.07) is 12.0. The summed E-state index contributed by atoms with van der Waals surface area (Å²) in [7, 11) is 4.35. The first-order chi connectivity index (χ1) is 9.89. The monoisotopic (exact) mass is 288 g/mol. The maximum atomic E-state index is 3.85. The molecule has 0 spiro atoms. The average molecular weight is 288 g/mol. The second-order valence-corrected chi connectivity index (χ2v) is 7.79. The minimum Gasteiger partial charge on any atom is -0.312 e. The molecule has 0 aliphatic heterocycles. The third-order valence-electron chi connectivity index (χ3n) is 5.07. The Balaban J connectivity index is 1.94. The molecule has 1 fully saturated rings. The maximum Gasteiger partial charge on any atom is 0.0466 e. The number of benzene rings is 1. The van der Waals surface area contributed by atoms with Crippen LogP contribution in [-0.2, 0) is 0 Å². The van der Waals surface area contributed by atoms with Crippen molar-refractivity contribution in [2.24, 2.45) is 11.3 Å². The normalized spacial score (nSPS) is 26.8. The molecule has 2 rings (SSSR count). The minimum atomic E-state index is 0.452. The molecule has 3 atom stereocenters. The van der Waals surface area contributed by atoms with E-state index >= 15 is 0 Å². The highest BCUT2D eigenvalue weighted by Crippen LogP contribution is 2.38. The van der Waals surface area contributed by atoms with Gasteiger partial charge in [-0.2, -0.15) is 0 Å². The molecule has 0 amide bonds. The Bertz CT molecular complexity index is 424. The molecule has 0 bridgehead atoms. The number of nitrogens with one attached hydrogen (secondary N) is 1. The molecule has 1 saturated carbocycles. The van der Waals surface area contributed by atoms with Gasteiger partial charge in [-0.3, -0.25) is 0 Å². The molecular formula is C19H32N2. The Hall–Kier alpha value is -0.860. The summed E-state index contributed by atoms with van der Waals surface area (Å²) < 4.78 is 0. The fourth-order valence-corrected chi connectivity index (χ4v) is 3.79. The van der Waals surface area contributed by atoms with Crippen LogP contribution in [0.2, 0.25) is 0 Å². The van der Waals surface area contributed by atoms with E-state index in [1.165, 1.54) is 24.8 Å². The van der Waals surface area contributed by atoms with Crippen molar-refractivity contribution in [3.8, 4) is 0 Å². The fourth-order valence-electron chi connectivity index (χ4n) is 3.79. The number of nitrogens with zero attached hydrogens (tertiary/aromatic N) is 1. The Morgan fingerprint density at radius 3 is 2.48 bits per heavy atom. The van der Waals surface area contributed by atoms with Crippen molar-refractivity contribution in [1.82, 2.24) is 10.2 Å². The summed E-state index contributed by atoms with van der Waals surface area (Å²) in [5.74, 6) is 0.771. The Morgan fingerprint density at radius 1 is 1.24 bits per heavy atom. The van der Waals surface area contributed by atoms with Gasteiger partial charge in [0.1, 0.15) is 0 Å². The summed E-state index contributed by atoms with van der Waals surface area (Å²) in [6.45, 7) is 8.26. The molecule has 0 aromatic heterocycles. The highest BCUT2D eigenvalue weighted by atomic mass is 15.1. The molecule has 1 aromatic carbocycles. The Labute approximate surface area is 130 Å². The van der Waals surface area contributed by atoms with Crippen molar-refractivity contribution in [2.45, 2.75) is 52.1 Å². The van der Waals surface area contributed by atoms with Gasteiger partial charge in [0.15, 0.2) is 0 Å². The van der Waals surface area contributed by atoms with Gasteiger partial charge in [0.05, 0.1) is 0 Å². The lowest BCUT2D eigenvalue weighted by molar-refractivity contribution is 0.142. The van der Waals surface area contributed by atoms with Crippen LogP contribution in [0.3, 0.4) is 0 Å². The quantitative estimate of drug-likeness (QED) is 0.878. The molecule has 0 heterocycles.